The highest BCUT2D eigenvalue weighted by molar-refractivity contribution is 6.27. The number of carbonyl (C=O) groups is 1. The minimum atomic E-state index is -0.218. The molecule has 84 valence electrons. The van der Waals surface area contributed by atoms with Gasteiger partial charge in [-0.2, -0.15) is 5.26 Å². The largest absolute Gasteiger partial charge is 0.479 e. The van der Waals surface area contributed by atoms with Crippen molar-refractivity contribution in [1.82, 2.24) is 5.32 Å². The molecular formula is C11H11ClN2O2. The Bertz CT molecular complexity index is 401. The molecule has 0 bridgehead atoms. The fraction of sp³-hybridized carbons (Fsp3) is 0.273. The molecule has 16 heavy (non-hydrogen) atoms. The van der Waals surface area contributed by atoms with Crippen LogP contribution in [0.1, 0.15) is 5.56 Å². The van der Waals surface area contributed by atoms with Crippen molar-refractivity contribution >= 4 is 17.5 Å². The predicted octanol–water partition coefficient (Wildman–Crippen LogP) is 1.44. The lowest BCUT2D eigenvalue weighted by atomic mass is 10.2. The van der Waals surface area contributed by atoms with Crippen LogP contribution < -0.4 is 10.1 Å². The van der Waals surface area contributed by atoms with Crippen LogP contribution >= 0.6 is 11.6 Å². The number of ether oxygens (including phenoxy) is 1. The maximum atomic E-state index is 10.9. The van der Waals surface area contributed by atoms with Gasteiger partial charge in [0.25, 0.3) is 0 Å². The summed E-state index contributed by atoms with van der Waals surface area (Å²) in [6, 6.07) is 9.06. The SMILES string of the molecule is N#CCOc1cccc(CNC(=O)CCl)c1. The molecule has 1 amide bonds. The second-order valence-electron chi connectivity index (χ2n) is 3.00. The third-order valence-electron chi connectivity index (χ3n) is 1.81. The Labute approximate surface area is 98.8 Å². The molecule has 1 N–H and O–H groups in total. The number of rotatable bonds is 5. The Balaban J connectivity index is 2.54. The van der Waals surface area contributed by atoms with E-state index in [1.54, 1.807) is 18.2 Å². The molecule has 0 radical (unpaired) electrons. The summed E-state index contributed by atoms with van der Waals surface area (Å²) in [6.45, 7) is 0.410. The van der Waals surface area contributed by atoms with Gasteiger partial charge in [-0.25, -0.2) is 0 Å². The molecule has 0 fully saturated rings. The summed E-state index contributed by atoms with van der Waals surface area (Å²) in [5.41, 5.74) is 0.897. The van der Waals surface area contributed by atoms with Gasteiger partial charge >= 0.3 is 0 Å². The van der Waals surface area contributed by atoms with Gasteiger partial charge in [-0.1, -0.05) is 12.1 Å². The zero-order chi connectivity index (χ0) is 11.8. The fourth-order valence-corrected chi connectivity index (χ4v) is 1.20. The van der Waals surface area contributed by atoms with Crippen molar-refractivity contribution in [3.05, 3.63) is 29.8 Å². The molecule has 1 aromatic carbocycles. The van der Waals surface area contributed by atoms with Crippen molar-refractivity contribution in [3.8, 4) is 11.8 Å². The van der Waals surface area contributed by atoms with Crippen molar-refractivity contribution in [3.63, 3.8) is 0 Å². The maximum Gasteiger partial charge on any atom is 0.235 e. The maximum absolute atomic E-state index is 10.9. The molecule has 4 nitrogen and oxygen atoms in total. The third-order valence-corrected chi connectivity index (χ3v) is 2.06. The van der Waals surface area contributed by atoms with Gasteiger partial charge in [0.05, 0.1) is 0 Å². The van der Waals surface area contributed by atoms with Gasteiger partial charge in [-0.05, 0) is 17.7 Å². The number of hydrogen-bond acceptors (Lipinski definition) is 3. The van der Waals surface area contributed by atoms with Crippen LogP contribution in [0.15, 0.2) is 24.3 Å². The molecule has 1 aromatic rings. The highest BCUT2D eigenvalue weighted by Gasteiger charge is 2.00. The summed E-state index contributed by atoms with van der Waals surface area (Å²) < 4.78 is 5.13. The van der Waals surface area contributed by atoms with Crippen molar-refractivity contribution < 1.29 is 9.53 Å². The summed E-state index contributed by atoms with van der Waals surface area (Å²) in [7, 11) is 0. The molecule has 0 unspecified atom stereocenters. The van der Waals surface area contributed by atoms with E-state index < -0.39 is 0 Å². The standard InChI is InChI=1S/C11H11ClN2O2/c12-7-11(15)14-8-9-2-1-3-10(6-9)16-5-4-13/h1-3,6H,5,7-8H2,(H,14,15). The Hall–Kier alpha value is -1.73. The van der Waals surface area contributed by atoms with Crippen LogP contribution in [-0.2, 0) is 11.3 Å². The number of benzene rings is 1. The number of carbonyl (C=O) groups excluding carboxylic acids is 1. The quantitative estimate of drug-likeness (QED) is 0.790. The van der Waals surface area contributed by atoms with E-state index in [4.69, 9.17) is 21.6 Å². The normalized spacial score (nSPS) is 9.25. The Kier molecular flexibility index (Phi) is 5.17. The molecule has 0 saturated heterocycles. The third kappa shape index (κ3) is 4.20. The first-order valence-electron chi connectivity index (χ1n) is 4.67. The molecule has 0 spiro atoms. The van der Waals surface area contributed by atoms with E-state index in [2.05, 4.69) is 5.32 Å². The zero-order valence-electron chi connectivity index (χ0n) is 8.57. The lowest BCUT2D eigenvalue weighted by Crippen LogP contribution is -2.23. The highest BCUT2D eigenvalue weighted by Crippen LogP contribution is 2.12. The number of nitriles is 1. The molecule has 0 aliphatic rings. The zero-order valence-corrected chi connectivity index (χ0v) is 9.33. The van der Waals surface area contributed by atoms with E-state index in [1.807, 2.05) is 12.1 Å². The van der Waals surface area contributed by atoms with E-state index in [0.717, 1.165) is 5.56 Å². The summed E-state index contributed by atoms with van der Waals surface area (Å²) in [5, 5.41) is 11.0. The first-order valence-corrected chi connectivity index (χ1v) is 5.21. The predicted molar refractivity (Wildman–Crippen MR) is 60.1 cm³/mol. The number of halogens is 1. The molecule has 0 atom stereocenters. The topological polar surface area (TPSA) is 62.1 Å². The van der Waals surface area contributed by atoms with E-state index in [0.29, 0.717) is 12.3 Å². The van der Waals surface area contributed by atoms with Gasteiger partial charge in [-0.3, -0.25) is 4.79 Å². The summed E-state index contributed by atoms with van der Waals surface area (Å²) >= 11 is 5.35. The number of hydrogen-bond donors (Lipinski definition) is 1. The second-order valence-corrected chi connectivity index (χ2v) is 3.27. The monoisotopic (exact) mass is 238 g/mol. The minimum absolute atomic E-state index is 0.0114. The molecule has 0 aromatic heterocycles. The Morgan fingerprint density at radius 3 is 3.06 bits per heavy atom. The van der Waals surface area contributed by atoms with Crippen molar-refractivity contribution in [2.75, 3.05) is 12.5 Å². The summed E-state index contributed by atoms with van der Waals surface area (Å²) in [6.07, 6.45) is 0. The van der Waals surface area contributed by atoms with Gasteiger partial charge in [-0.15, -0.1) is 11.6 Å². The minimum Gasteiger partial charge on any atom is -0.479 e. The average Bonchev–Trinajstić information content (AvgIpc) is 2.34. The van der Waals surface area contributed by atoms with E-state index >= 15 is 0 Å². The average molecular weight is 239 g/mol. The van der Waals surface area contributed by atoms with Crippen molar-refractivity contribution in [2.24, 2.45) is 0 Å². The molecule has 0 heterocycles. The van der Waals surface area contributed by atoms with Crippen LogP contribution in [0.2, 0.25) is 0 Å². The first-order chi connectivity index (χ1) is 7.76. The smallest absolute Gasteiger partial charge is 0.235 e. The van der Waals surface area contributed by atoms with Crippen LogP contribution in [0.3, 0.4) is 0 Å². The van der Waals surface area contributed by atoms with E-state index in [-0.39, 0.29) is 18.4 Å². The van der Waals surface area contributed by atoms with Gasteiger partial charge in [0, 0.05) is 6.54 Å². The van der Waals surface area contributed by atoms with Crippen molar-refractivity contribution in [1.29, 1.82) is 5.26 Å². The van der Waals surface area contributed by atoms with Crippen LogP contribution in [0.5, 0.6) is 5.75 Å². The van der Waals surface area contributed by atoms with Crippen LogP contribution in [0.4, 0.5) is 0 Å². The summed E-state index contributed by atoms with van der Waals surface area (Å²) in [5.74, 6) is 0.342. The molecular weight excluding hydrogens is 228 g/mol. The number of nitrogens with zero attached hydrogens (tertiary/aromatic N) is 1. The van der Waals surface area contributed by atoms with Crippen LogP contribution in [-0.4, -0.2) is 18.4 Å². The second kappa shape index (κ2) is 6.70. The molecule has 1 rings (SSSR count). The lowest BCUT2D eigenvalue weighted by Gasteiger charge is -2.06. The molecule has 0 saturated carbocycles. The van der Waals surface area contributed by atoms with E-state index in [9.17, 15) is 4.79 Å². The number of amides is 1. The number of alkyl halides is 1. The van der Waals surface area contributed by atoms with E-state index in [1.165, 1.54) is 0 Å². The van der Waals surface area contributed by atoms with Gasteiger partial charge in [0.15, 0.2) is 6.61 Å². The highest BCUT2D eigenvalue weighted by atomic mass is 35.5. The first kappa shape index (κ1) is 12.3. The lowest BCUT2D eigenvalue weighted by molar-refractivity contribution is -0.118. The molecule has 5 heteroatoms. The van der Waals surface area contributed by atoms with Crippen LogP contribution in [0, 0.1) is 11.3 Å². The molecule has 0 aliphatic carbocycles. The Morgan fingerprint density at radius 1 is 1.56 bits per heavy atom. The van der Waals surface area contributed by atoms with Crippen molar-refractivity contribution in [2.45, 2.75) is 6.54 Å². The van der Waals surface area contributed by atoms with Gasteiger partial charge in [0.1, 0.15) is 17.7 Å². The number of nitrogens with one attached hydrogen (secondary N) is 1. The molecule has 0 aliphatic heterocycles. The van der Waals surface area contributed by atoms with Gasteiger partial charge in [0.2, 0.25) is 5.91 Å². The van der Waals surface area contributed by atoms with Gasteiger partial charge < -0.3 is 10.1 Å². The fourth-order valence-electron chi connectivity index (χ4n) is 1.11. The van der Waals surface area contributed by atoms with Crippen LogP contribution in [0.25, 0.3) is 0 Å². The Morgan fingerprint density at radius 2 is 2.38 bits per heavy atom. The summed E-state index contributed by atoms with van der Waals surface area (Å²) in [4.78, 5) is 10.9.